The highest BCUT2D eigenvalue weighted by Crippen LogP contribution is 2.19. The summed E-state index contributed by atoms with van der Waals surface area (Å²) in [7, 11) is 5.65. The number of nitrogens with zero attached hydrogens (tertiary/aromatic N) is 3. The number of hydrogen-bond acceptors (Lipinski definition) is 3. The Morgan fingerprint density at radius 1 is 1.35 bits per heavy atom. The van der Waals surface area contributed by atoms with E-state index in [1.54, 1.807) is 4.68 Å². The highest BCUT2D eigenvalue weighted by atomic mass is 16.1. The Morgan fingerprint density at radius 3 is 2.80 bits per heavy atom. The summed E-state index contributed by atoms with van der Waals surface area (Å²) >= 11 is 0. The molecule has 0 radical (unpaired) electrons. The molecule has 1 N–H and O–H groups in total. The van der Waals surface area contributed by atoms with Crippen molar-refractivity contribution in [2.75, 3.05) is 20.6 Å². The Bertz CT molecular complexity index is 589. The molecule has 0 spiro atoms. The van der Waals surface area contributed by atoms with Crippen LogP contribution in [0.4, 0.5) is 0 Å². The maximum absolute atomic E-state index is 11.6. The number of aryl methyl sites for hydroxylation is 1. The van der Waals surface area contributed by atoms with Crippen molar-refractivity contribution in [3.05, 3.63) is 42.2 Å². The third-order valence-electron chi connectivity index (χ3n) is 2.91. The average molecular weight is 272 g/mol. The van der Waals surface area contributed by atoms with Gasteiger partial charge in [0.2, 0.25) is 5.91 Å². The van der Waals surface area contributed by atoms with Gasteiger partial charge in [0.15, 0.2) is 0 Å². The van der Waals surface area contributed by atoms with E-state index in [0.29, 0.717) is 13.1 Å². The molecule has 106 valence electrons. The molecule has 0 atom stereocenters. The second kappa shape index (κ2) is 6.34. The van der Waals surface area contributed by atoms with Gasteiger partial charge in [-0.2, -0.15) is 5.10 Å². The molecule has 0 saturated heterocycles. The van der Waals surface area contributed by atoms with Gasteiger partial charge in [-0.15, -0.1) is 0 Å². The molecule has 1 aromatic heterocycles. The Hall–Kier alpha value is -2.14. The van der Waals surface area contributed by atoms with E-state index in [0.717, 1.165) is 16.7 Å². The second-order valence-electron chi connectivity index (χ2n) is 5.12. The second-order valence-corrected chi connectivity index (χ2v) is 5.12. The third-order valence-corrected chi connectivity index (χ3v) is 2.91. The molecule has 0 bridgehead atoms. The van der Waals surface area contributed by atoms with Crippen LogP contribution in [0.5, 0.6) is 0 Å². The lowest BCUT2D eigenvalue weighted by atomic mass is 10.1. The van der Waals surface area contributed by atoms with E-state index in [1.165, 1.54) is 0 Å². The van der Waals surface area contributed by atoms with Crippen LogP contribution in [0.15, 0.2) is 36.7 Å². The summed E-state index contributed by atoms with van der Waals surface area (Å²) in [6, 6.07) is 8.13. The fourth-order valence-electron chi connectivity index (χ4n) is 1.97. The quantitative estimate of drug-likeness (QED) is 0.891. The van der Waals surface area contributed by atoms with Crippen molar-refractivity contribution in [2.45, 2.75) is 6.54 Å². The molecule has 0 unspecified atom stereocenters. The number of nitrogens with one attached hydrogen (secondary N) is 1. The molecule has 0 aliphatic heterocycles. The van der Waals surface area contributed by atoms with Gasteiger partial charge in [0.1, 0.15) is 0 Å². The minimum Gasteiger partial charge on any atom is -0.351 e. The van der Waals surface area contributed by atoms with Crippen molar-refractivity contribution in [1.29, 1.82) is 0 Å². The predicted octanol–water partition coefficient (Wildman–Crippen LogP) is 1.26. The minimum atomic E-state index is 0.0294. The predicted molar refractivity (Wildman–Crippen MR) is 79.0 cm³/mol. The lowest BCUT2D eigenvalue weighted by Crippen LogP contribution is -2.32. The van der Waals surface area contributed by atoms with Gasteiger partial charge in [0, 0.05) is 25.4 Å². The lowest BCUT2D eigenvalue weighted by molar-refractivity contribution is -0.121. The Balaban J connectivity index is 2.01. The normalized spacial score (nSPS) is 10.8. The standard InChI is InChI=1S/C15H20N4O/c1-18(2)11-15(20)16-8-12-5-4-6-13(7-12)14-9-17-19(3)10-14/h4-7,9-10H,8,11H2,1-3H3,(H,16,20). The fraction of sp³-hybridized carbons (Fsp3) is 0.333. The summed E-state index contributed by atoms with van der Waals surface area (Å²) < 4.78 is 1.78. The van der Waals surface area contributed by atoms with Crippen LogP contribution in [-0.4, -0.2) is 41.2 Å². The highest BCUT2D eigenvalue weighted by molar-refractivity contribution is 5.78. The van der Waals surface area contributed by atoms with Gasteiger partial charge >= 0.3 is 0 Å². The topological polar surface area (TPSA) is 50.2 Å². The monoisotopic (exact) mass is 272 g/mol. The maximum atomic E-state index is 11.6. The molecule has 0 aliphatic carbocycles. The summed E-state index contributed by atoms with van der Waals surface area (Å²) in [4.78, 5) is 13.5. The van der Waals surface area contributed by atoms with Crippen LogP contribution in [0.25, 0.3) is 11.1 Å². The van der Waals surface area contributed by atoms with Crippen LogP contribution in [0.1, 0.15) is 5.56 Å². The Kier molecular flexibility index (Phi) is 4.53. The fourth-order valence-corrected chi connectivity index (χ4v) is 1.97. The van der Waals surface area contributed by atoms with Crippen LogP contribution < -0.4 is 5.32 Å². The third kappa shape index (κ3) is 3.93. The summed E-state index contributed by atoms with van der Waals surface area (Å²) in [5.41, 5.74) is 3.27. The summed E-state index contributed by atoms with van der Waals surface area (Å²) in [6.45, 7) is 0.947. The van der Waals surface area contributed by atoms with Gasteiger partial charge in [-0.25, -0.2) is 0 Å². The molecule has 2 aromatic rings. The van der Waals surface area contributed by atoms with Gasteiger partial charge in [-0.1, -0.05) is 18.2 Å². The van der Waals surface area contributed by atoms with Gasteiger partial charge in [-0.3, -0.25) is 9.48 Å². The summed E-state index contributed by atoms with van der Waals surface area (Å²) in [5, 5.41) is 7.08. The molecule has 0 fully saturated rings. The van der Waals surface area contributed by atoms with Crippen LogP contribution in [0.3, 0.4) is 0 Å². The highest BCUT2D eigenvalue weighted by Gasteiger charge is 2.04. The molecule has 0 saturated carbocycles. The average Bonchev–Trinajstić information content (AvgIpc) is 2.83. The molecule has 5 heteroatoms. The maximum Gasteiger partial charge on any atom is 0.234 e. The van der Waals surface area contributed by atoms with Crippen LogP contribution in [0.2, 0.25) is 0 Å². The van der Waals surface area contributed by atoms with Gasteiger partial charge in [0.25, 0.3) is 0 Å². The first kappa shape index (κ1) is 14.3. The van der Waals surface area contributed by atoms with Gasteiger partial charge < -0.3 is 10.2 Å². The van der Waals surface area contributed by atoms with Crippen molar-refractivity contribution in [1.82, 2.24) is 20.0 Å². The lowest BCUT2D eigenvalue weighted by Gasteiger charge is -2.10. The zero-order chi connectivity index (χ0) is 14.5. The van der Waals surface area contributed by atoms with E-state index in [2.05, 4.69) is 16.5 Å². The van der Waals surface area contributed by atoms with E-state index in [9.17, 15) is 4.79 Å². The molecular weight excluding hydrogens is 252 g/mol. The van der Waals surface area contributed by atoms with Crippen molar-refractivity contribution < 1.29 is 4.79 Å². The van der Waals surface area contributed by atoms with Crippen LogP contribution >= 0.6 is 0 Å². The molecule has 1 aromatic carbocycles. The first-order chi connectivity index (χ1) is 9.54. The number of aromatic nitrogens is 2. The molecule has 0 aliphatic rings. The number of carbonyl (C=O) groups is 1. The Labute approximate surface area is 119 Å². The van der Waals surface area contributed by atoms with Gasteiger partial charge in [-0.05, 0) is 31.3 Å². The number of carbonyl (C=O) groups excluding carboxylic acids is 1. The zero-order valence-electron chi connectivity index (χ0n) is 12.1. The summed E-state index contributed by atoms with van der Waals surface area (Å²) in [6.07, 6.45) is 3.81. The van der Waals surface area contributed by atoms with E-state index in [4.69, 9.17) is 0 Å². The number of hydrogen-bond donors (Lipinski definition) is 1. The van der Waals surface area contributed by atoms with E-state index in [1.807, 2.05) is 56.6 Å². The van der Waals surface area contributed by atoms with Crippen LogP contribution in [0, 0.1) is 0 Å². The molecule has 2 rings (SSSR count). The van der Waals surface area contributed by atoms with E-state index < -0.39 is 0 Å². The zero-order valence-corrected chi connectivity index (χ0v) is 12.1. The smallest absolute Gasteiger partial charge is 0.234 e. The molecule has 20 heavy (non-hydrogen) atoms. The minimum absolute atomic E-state index is 0.0294. The van der Waals surface area contributed by atoms with Crippen LogP contribution in [-0.2, 0) is 18.4 Å². The first-order valence-electron chi connectivity index (χ1n) is 6.54. The number of amides is 1. The van der Waals surface area contributed by atoms with Crippen molar-refractivity contribution in [3.8, 4) is 11.1 Å². The molecule has 1 heterocycles. The molecular formula is C15H20N4O. The SMILES string of the molecule is CN(C)CC(=O)NCc1cccc(-c2cnn(C)c2)c1. The van der Waals surface area contributed by atoms with Crippen molar-refractivity contribution >= 4 is 5.91 Å². The molecule has 1 amide bonds. The van der Waals surface area contributed by atoms with E-state index in [-0.39, 0.29) is 5.91 Å². The first-order valence-corrected chi connectivity index (χ1v) is 6.54. The molecule has 5 nitrogen and oxygen atoms in total. The number of likely N-dealkylation sites (N-methyl/N-ethyl adjacent to an activating group) is 1. The summed E-state index contributed by atoms with van der Waals surface area (Å²) in [5.74, 6) is 0.0294. The largest absolute Gasteiger partial charge is 0.351 e. The van der Waals surface area contributed by atoms with Crippen molar-refractivity contribution in [2.24, 2.45) is 7.05 Å². The van der Waals surface area contributed by atoms with Gasteiger partial charge in [0.05, 0.1) is 12.7 Å². The van der Waals surface area contributed by atoms with Crippen molar-refractivity contribution in [3.63, 3.8) is 0 Å². The number of benzene rings is 1. The van der Waals surface area contributed by atoms with E-state index >= 15 is 0 Å². The number of rotatable bonds is 5. The Morgan fingerprint density at radius 2 is 2.15 bits per heavy atom.